The lowest BCUT2D eigenvalue weighted by atomic mass is 10.0. The molecule has 5 heteroatoms. The van der Waals surface area contributed by atoms with Crippen molar-refractivity contribution >= 4 is 17.7 Å². The number of likely N-dealkylation sites (tertiary alicyclic amines) is 1. The summed E-state index contributed by atoms with van der Waals surface area (Å²) in [5, 5.41) is 0. The lowest BCUT2D eigenvalue weighted by Crippen LogP contribution is -2.53. The van der Waals surface area contributed by atoms with Gasteiger partial charge in [0.2, 0.25) is 0 Å². The first-order valence-corrected chi connectivity index (χ1v) is 6.19. The van der Waals surface area contributed by atoms with E-state index in [4.69, 9.17) is 0 Å². The third-order valence-corrected chi connectivity index (χ3v) is 3.43. The second-order valence-corrected chi connectivity index (χ2v) is 5.71. The first-order chi connectivity index (χ1) is 8.32. The second kappa shape index (κ2) is 4.31. The molecule has 0 saturated carbocycles. The molecule has 0 N–H and O–H groups in total. The minimum atomic E-state index is -0.522. The van der Waals surface area contributed by atoms with Gasteiger partial charge in [-0.1, -0.05) is 0 Å². The number of hydrogen-bond acceptors (Lipinski definition) is 4. The summed E-state index contributed by atoms with van der Waals surface area (Å²) in [6, 6.07) is -0.363. The Balaban J connectivity index is 2.19. The quantitative estimate of drug-likeness (QED) is 0.643. The molecule has 0 radical (unpaired) electrons. The molecular weight excluding hydrogens is 232 g/mol. The molecule has 3 amide bonds. The Morgan fingerprint density at radius 2 is 1.78 bits per heavy atom. The molecule has 1 atom stereocenters. The number of nitrogens with zero attached hydrogens (tertiary/aromatic N) is 2. The van der Waals surface area contributed by atoms with Crippen LogP contribution in [0, 0.1) is 0 Å². The molecule has 5 nitrogen and oxygen atoms in total. The van der Waals surface area contributed by atoms with Crippen molar-refractivity contribution in [2.45, 2.75) is 45.2 Å². The van der Waals surface area contributed by atoms with Gasteiger partial charge in [-0.3, -0.25) is 19.3 Å². The molecule has 0 aromatic rings. The maximum Gasteiger partial charge on any atom is 0.260 e. The molecule has 0 aromatic carbocycles. The smallest absolute Gasteiger partial charge is 0.260 e. The first kappa shape index (κ1) is 13.0. The fourth-order valence-corrected chi connectivity index (χ4v) is 2.59. The van der Waals surface area contributed by atoms with Crippen molar-refractivity contribution in [2.75, 3.05) is 6.54 Å². The SMILES string of the molecule is CC(C)(C)N1CCCC1C(=O)N1C(=O)C=CC1=O. The monoisotopic (exact) mass is 250 g/mol. The van der Waals surface area contributed by atoms with E-state index in [1.54, 1.807) is 0 Å². The summed E-state index contributed by atoms with van der Waals surface area (Å²) in [6.45, 7) is 6.92. The third kappa shape index (κ3) is 2.10. The van der Waals surface area contributed by atoms with Gasteiger partial charge in [-0.25, -0.2) is 4.90 Å². The highest BCUT2D eigenvalue weighted by atomic mass is 16.2. The lowest BCUT2D eigenvalue weighted by Gasteiger charge is -2.36. The van der Waals surface area contributed by atoms with Gasteiger partial charge in [-0.2, -0.15) is 0 Å². The van der Waals surface area contributed by atoms with Crippen molar-refractivity contribution in [1.29, 1.82) is 0 Å². The highest BCUT2D eigenvalue weighted by Gasteiger charge is 2.42. The van der Waals surface area contributed by atoms with E-state index >= 15 is 0 Å². The average Bonchev–Trinajstić information content (AvgIpc) is 2.84. The third-order valence-electron chi connectivity index (χ3n) is 3.43. The molecule has 2 aliphatic heterocycles. The van der Waals surface area contributed by atoms with Crippen LogP contribution < -0.4 is 0 Å². The molecule has 18 heavy (non-hydrogen) atoms. The van der Waals surface area contributed by atoms with Gasteiger partial charge in [0.25, 0.3) is 17.7 Å². The van der Waals surface area contributed by atoms with Crippen LogP contribution in [0.1, 0.15) is 33.6 Å². The highest BCUT2D eigenvalue weighted by molar-refractivity contribution is 6.23. The molecule has 1 unspecified atom stereocenters. The number of hydrogen-bond donors (Lipinski definition) is 0. The number of imide groups is 3. The summed E-state index contributed by atoms with van der Waals surface area (Å²) < 4.78 is 0. The maximum atomic E-state index is 12.3. The van der Waals surface area contributed by atoms with E-state index in [9.17, 15) is 14.4 Å². The summed E-state index contributed by atoms with van der Waals surface area (Å²) >= 11 is 0. The van der Waals surface area contributed by atoms with E-state index in [1.165, 1.54) is 0 Å². The minimum Gasteiger partial charge on any atom is -0.287 e. The number of carbonyl (C=O) groups excluding carboxylic acids is 3. The maximum absolute atomic E-state index is 12.3. The summed E-state index contributed by atoms with van der Waals surface area (Å²) in [5.41, 5.74) is -0.143. The highest BCUT2D eigenvalue weighted by Crippen LogP contribution is 2.28. The molecule has 1 saturated heterocycles. The van der Waals surface area contributed by atoms with E-state index in [1.807, 2.05) is 20.8 Å². The number of carbonyl (C=O) groups is 3. The molecule has 98 valence electrons. The zero-order chi connectivity index (χ0) is 13.5. The fourth-order valence-electron chi connectivity index (χ4n) is 2.59. The van der Waals surface area contributed by atoms with Gasteiger partial charge in [-0.15, -0.1) is 0 Å². The Kier molecular flexibility index (Phi) is 3.11. The first-order valence-electron chi connectivity index (χ1n) is 6.19. The predicted octanol–water partition coefficient (Wildman–Crippen LogP) is 0.701. The molecule has 2 aliphatic rings. The van der Waals surface area contributed by atoms with Crippen molar-refractivity contribution in [3.63, 3.8) is 0 Å². The van der Waals surface area contributed by atoms with Crippen LogP contribution in [-0.2, 0) is 14.4 Å². The second-order valence-electron chi connectivity index (χ2n) is 5.71. The van der Waals surface area contributed by atoms with Gasteiger partial charge >= 0.3 is 0 Å². The normalized spacial score (nSPS) is 25.3. The lowest BCUT2D eigenvalue weighted by molar-refractivity contribution is -0.151. The van der Waals surface area contributed by atoms with E-state index in [0.717, 1.165) is 30.0 Å². The van der Waals surface area contributed by atoms with E-state index in [-0.39, 0.29) is 17.5 Å². The Morgan fingerprint density at radius 3 is 2.28 bits per heavy atom. The zero-order valence-corrected chi connectivity index (χ0v) is 11.0. The van der Waals surface area contributed by atoms with Crippen LogP contribution in [0.2, 0.25) is 0 Å². The largest absolute Gasteiger partial charge is 0.287 e. The molecule has 0 spiro atoms. The van der Waals surface area contributed by atoms with Crippen molar-refractivity contribution in [1.82, 2.24) is 9.80 Å². The van der Waals surface area contributed by atoms with Crippen molar-refractivity contribution in [3.8, 4) is 0 Å². The summed E-state index contributed by atoms with van der Waals surface area (Å²) in [5.74, 6) is -1.43. The molecule has 0 bridgehead atoms. The molecule has 0 aliphatic carbocycles. The Morgan fingerprint density at radius 1 is 1.22 bits per heavy atom. The molecule has 0 aromatic heterocycles. The summed E-state index contributed by atoms with van der Waals surface area (Å²) in [4.78, 5) is 38.2. The van der Waals surface area contributed by atoms with Gasteiger partial charge in [0.1, 0.15) is 0 Å². The minimum absolute atomic E-state index is 0.143. The van der Waals surface area contributed by atoms with E-state index in [2.05, 4.69) is 4.90 Å². The molecule has 2 heterocycles. The predicted molar refractivity (Wildman–Crippen MR) is 65.5 cm³/mol. The topological polar surface area (TPSA) is 57.7 Å². The van der Waals surface area contributed by atoms with Gasteiger partial charge < -0.3 is 0 Å². The number of rotatable bonds is 1. The van der Waals surface area contributed by atoms with Gasteiger partial charge in [0.15, 0.2) is 0 Å². The molecule has 1 fully saturated rings. The van der Waals surface area contributed by atoms with Crippen LogP contribution in [0.4, 0.5) is 0 Å². The van der Waals surface area contributed by atoms with Crippen molar-refractivity contribution < 1.29 is 14.4 Å². The molecule has 2 rings (SSSR count). The van der Waals surface area contributed by atoms with Crippen LogP contribution in [0.3, 0.4) is 0 Å². The summed E-state index contributed by atoms with van der Waals surface area (Å²) in [7, 11) is 0. The van der Waals surface area contributed by atoms with E-state index in [0.29, 0.717) is 6.42 Å². The van der Waals surface area contributed by atoms with Crippen LogP contribution in [-0.4, -0.2) is 45.6 Å². The Hall–Kier alpha value is -1.49. The zero-order valence-electron chi connectivity index (χ0n) is 11.0. The van der Waals surface area contributed by atoms with Crippen LogP contribution >= 0.6 is 0 Å². The van der Waals surface area contributed by atoms with E-state index < -0.39 is 11.8 Å². The van der Waals surface area contributed by atoms with Crippen molar-refractivity contribution in [2.24, 2.45) is 0 Å². The van der Waals surface area contributed by atoms with Gasteiger partial charge in [0.05, 0.1) is 6.04 Å². The van der Waals surface area contributed by atoms with Gasteiger partial charge in [0, 0.05) is 17.7 Å². The average molecular weight is 250 g/mol. The Bertz CT molecular complexity index is 416. The molecular formula is C13H18N2O3. The number of amides is 3. The summed E-state index contributed by atoms with van der Waals surface area (Å²) in [6.07, 6.45) is 3.91. The van der Waals surface area contributed by atoms with Crippen LogP contribution in [0.25, 0.3) is 0 Å². The fraction of sp³-hybridized carbons (Fsp3) is 0.615. The van der Waals surface area contributed by atoms with Crippen LogP contribution in [0.15, 0.2) is 12.2 Å². The van der Waals surface area contributed by atoms with Crippen molar-refractivity contribution in [3.05, 3.63) is 12.2 Å². The standard InChI is InChI=1S/C13H18N2O3/c1-13(2,3)14-8-4-5-9(14)12(18)15-10(16)6-7-11(15)17/h6-7,9H,4-5,8H2,1-3H3. The van der Waals surface area contributed by atoms with Gasteiger partial charge in [-0.05, 0) is 40.2 Å². The Labute approximate surface area is 106 Å². The van der Waals surface area contributed by atoms with Crippen LogP contribution in [0.5, 0.6) is 0 Å².